The average Bonchev–Trinajstić information content (AvgIpc) is 2.38. The van der Waals surface area contributed by atoms with Crippen LogP contribution >= 0.6 is 0 Å². The molecule has 1 aromatic carbocycles. The van der Waals surface area contributed by atoms with Gasteiger partial charge in [0.15, 0.2) is 0 Å². The van der Waals surface area contributed by atoms with Gasteiger partial charge in [-0.25, -0.2) is 0 Å². The summed E-state index contributed by atoms with van der Waals surface area (Å²) >= 11 is 0. The first-order valence-electron chi connectivity index (χ1n) is 7.09. The first-order chi connectivity index (χ1) is 8.78. The van der Waals surface area contributed by atoms with E-state index in [-0.39, 0.29) is 0 Å². The number of methoxy groups -OCH3 is 1. The molecule has 0 saturated heterocycles. The van der Waals surface area contributed by atoms with E-state index in [1.807, 2.05) is 0 Å². The highest BCUT2D eigenvalue weighted by molar-refractivity contribution is 5.44. The van der Waals surface area contributed by atoms with Crippen molar-refractivity contribution < 1.29 is 4.74 Å². The van der Waals surface area contributed by atoms with E-state index in [0.717, 1.165) is 18.4 Å². The number of ether oxygens (including phenoxy) is 1. The second-order valence-electron chi connectivity index (χ2n) is 5.65. The Kier molecular flexibility index (Phi) is 5.06. The Labute approximate surface area is 111 Å². The minimum atomic E-state index is 0.695. The van der Waals surface area contributed by atoms with Crippen LogP contribution in [0.25, 0.3) is 0 Å². The van der Waals surface area contributed by atoms with Crippen molar-refractivity contribution in [3.8, 4) is 0 Å². The van der Waals surface area contributed by atoms with Crippen LogP contribution in [-0.4, -0.2) is 13.7 Å². The standard InChI is InChI=1S/C16H25NO/c1-13-4-3-5-15(10-13)11-17-16-8-6-14(7-9-16)12-18-2/h6-9,13,15,17H,3-5,10-12H2,1-2H3. The minimum Gasteiger partial charge on any atom is -0.385 e. The Bertz CT molecular complexity index is 347. The number of hydrogen-bond acceptors (Lipinski definition) is 2. The molecule has 0 heterocycles. The quantitative estimate of drug-likeness (QED) is 0.846. The second kappa shape index (κ2) is 6.79. The van der Waals surface area contributed by atoms with Crippen molar-refractivity contribution in [2.75, 3.05) is 19.0 Å². The molecule has 18 heavy (non-hydrogen) atoms. The fourth-order valence-electron chi connectivity index (χ4n) is 2.89. The van der Waals surface area contributed by atoms with Crippen molar-refractivity contribution >= 4 is 5.69 Å². The maximum Gasteiger partial charge on any atom is 0.0713 e. The third-order valence-corrected chi connectivity index (χ3v) is 3.90. The Morgan fingerprint density at radius 2 is 2.00 bits per heavy atom. The van der Waals surface area contributed by atoms with Crippen LogP contribution < -0.4 is 5.32 Å². The van der Waals surface area contributed by atoms with Gasteiger partial charge >= 0.3 is 0 Å². The maximum absolute atomic E-state index is 5.11. The molecule has 1 saturated carbocycles. The monoisotopic (exact) mass is 247 g/mol. The van der Waals surface area contributed by atoms with Crippen molar-refractivity contribution in [3.05, 3.63) is 29.8 Å². The van der Waals surface area contributed by atoms with Gasteiger partial charge in [0.2, 0.25) is 0 Å². The van der Waals surface area contributed by atoms with E-state index in [0.29, 0.717) is 6.61 Å². The third-order valence-electron chi connectivity index (χ3n) is 3.90. The predicted molar refractivity (Wildman–Crippen MR) is 76.8 cm³/mol. The fraction of sp³-hybridized carbons (Fsp3) is 0.625. The summed E-state index contributed by atoms with van der Waals surface area (Å²) in [5.74, 6) is 1.77. The number of benzene rings is 1. The summed E-state index contributed by atoms with van der Waals surface area (Å²) in [4.78, 5) is 0. The van der Waals surface area contributed by atoms with E-state index in [4.69, 9.17) is 4.74 Å². The Balaban J connectivity index is 1.78. The van der Waals surface area contributed by atoms with Gasteiger partial charge in [0.1, 0.15) is 0 Å². The summed E-state index contributed by atoms with van der Waals surface area (Å²) in [6, 6.07) is 8.58. The molecule has 2 nitrogen and oxygen atoms in total. The van der Waals surface area contributed by atoms with Gasteiger partial charge in [-0.15, -0.1) is 0 Å². The molecule has 2 unspecified atom stereocenters. The molecule has 0 radical (unpaired) electrons. The van der Waals surface area contributed by atoms with Crippen LogP contribution in [0, 0.1) is 11.8 Å². The highest BCUT2D eigenvalue weighted by Gasteiger charge is 2.18. The van der Waals surface area contributed by atoms with Crippen molar-refractivity contribution in [2.45, 2.75) is 39.2 Å². The number of nitrogens with one attached hydrogen (secondary N) is 1. The third kappa shape index (κ3) is 4.02. The molecule has 2 heteroatoms. The van der Waals surface area contributed by atoms with Crippen molar-refractivity contribution in [2.24, 2.45) is 11.8 Å². The van der Waals surface area contributed by atoms with Gasteiger partial charge in [-0.3, -0.25) is 0 Å². The summed E-state index contributed by atoms with van der Waals surface area (Å²) in [5.41, 5.74) is 2.46. The van der Waals surface area contributed by atoms with E-state index in [1.54, 1.807) is 7.11 Å². The molecule has 0 aliphatic heterocycles. The fourth-order valence-corrected chi connectivity index (χ4v) is 2.89. The molecule has 1 N–H and O–H groups in total. The molecule has 1 fully saturated rings. The summed E-state index contributed by atoms with van der Waals surface area (Å²) < 4.78 is 5.11. The van der Waals surface area contributed by atoms with Crippen LogP contribution in [0.3, 0.4) is 0 Å². The Hall–Kier alpha value is -1.02. The largest absolute Gasteiger partial charge is 0.385 e. The van der Waals surface area contributed by atoms with Crippen LogP contribution in [0.4, 0.5) is 5.69 Å². The van der Waals surface area contributed by atoms with E-state index in [9.17, 15) is 0 Å². The molecule has 0 bridgehead atoms. The molecule has 2 atom stereocenters. The highest BCUT2D eigenvalue weighted by Crippen LogP contribution is 2.28. The Morgan fingerprint density at radius 3 is 2.67 bits per heavy atom. The van der Waals surface area contributed by atoms with Crippen LogP contribution in [0.5, 0.6) is 0 Å². The SMILES string of the molecule is COCc1ccc(NCC2CCCC(C)C2)cc1. The van der Waals surface area contributed by atoms with Gasteiger partial charge in [-0.05, 0) is 42.4 Å². The molecule has 0 aromatic heterocycles. The summed E-state index contributed by atoms with van der Waals surface area (Å²) in [6.07, 6.45) is 5.59. The van der Waals surface area contributed by atoms with Crippen LogP contribution in [0.1, 0.15) is 38.2 Å². The second-order valence-corrected chi connectivity index (χ2v) is 5.65. The molecule has 0 amide bonds. The zero-order chi connectivity index (χ0) is 12.8. The number of rotatable bonds is 5. The smallest absolute Gasteiger partial charge is 0.0713 e. The first kappa shape index (κ1) is 13.4. The lowest BCUT2D eigenvalue weighted by molar-refractivity contribution is 0.185. The van der Waals surface area contributed by atoms with Gasteiger partial charge in [-0.1, -0.05) is 31.9 Å². The van der Waals surface area contributed by atoms with Gasteiger partial charge < -0.3 is 10.1 Å². The van der Waals surface area contributed by atoms with Crippen molar-refractivity contribution in [3.63, 3.8) is 0 Å². The molecule has 1 aromatic rings. The van der Waals surface area contributed by atoms with E-state index < -0.39 is 0 Å². The topological polar surface area (TPSA) is 21.3 Å². The molecule has 2 rings (SSSR count). The average molecular weight is 247 g/mol. The first-order valence-corrected chi connectivity index (χ1v) is 7.09. The van der Waals surface area contributed by atoms with Crippen molar-refractivity contribution in [1.29, 1.82) is 0 Å². The zero-order valence-electron chi connectivity index (χ0n) is 11.6. The lowest BCUT2D eigenvalue weighted by Crippen LogP contribution is -2.20. The number of hydrogen-bond donors (Lipinski definition) is 1. The highest BCUT2D eigenvalue weighted by atomic mass is 16.5. The van der Waals surface area contributed by atoms with Crippen molar-refractivity contribution in [1.82, 2.24) is 0 Å². The normalized spacial score (nSPS) is 23.9. The lowest BCUT2D eigenvalue weighted by Gasteiger charge is -2.27. The summed E-state index contributed by atoms with van der Waals surface area (Å²) in [6.45, 7) is 4.19. The van der Waals surface area contributed by atoms with E-state index >= 15 is 0 Å². The van der Waals surface area contributed by atoms with Gasteiger partial charge in [-0.2, -0.15) is 0 Å². The molecule has 1 aliphatic carbocycles. The van der Waals surface area contributed by atoms with Gasteiger partial charge in [0, 0.05) is 19.3 Å². The van der Waals surface area contributed by atoms with Crippen LogP contribution in [0.2, 0.25) is 0 Å². The number of anilines is 1. The molecule has 1 aliphatic rings. The van der Waals surface area contributed by atoms with Gasteiger partial charge in [0.05, 0.1) is 6.61 Å². The summed E-state index contributed by atoms with van der Waals surface area (Å²) in [5, 5.41) is 3.56. The van der Waals surface area contributed by atoms with E-state index in [2.05, 4.69) is 36.5 Å². The van der Waals surface area contributed by atoms with Crippen LogP contribution in [0.15, 0.2) is 24.3 Å². The zero-order valence-corrected chi connectivity index (χ0v) is 11.6. The molecule has 100 valence electrons. The van der Waals surface area contributed by atoms with E-state index in [1.165, 1.54) is 36.9 Å². The lowest BCUT2D eigenvalue weighted by atomic mass is 9.82. The summed E-state index contributed by atoms with van der Waals surface area (Å²) in [7, 11) is 1.73. The minimum absolute atomic E-state index is 0.695. The van der Waals surface area contributed by atoms with Crippen LogP contribution in [-0.2, 0) is 11.3 Å². The molecular weight excluding hydrogens is 222 g/mol. The molecular formula is C16H25NO. The predicted octanol–water partition coefficient (Wildman–Crippen LogP) is 4.07. The Morgan fingerprint density at radius 1 is 1.22 bits per heavy atom. The maximum atomic E-state index is 5.11. The van der Waals surface area contributed by atoms with Gasteiger partial charge in [0.25, 0.3) is 0 Å². The molecule has 0 spiro atoms.